The van der Waals surface area contributed by atoms with Crippen LogP contribution in [0.2, 0.25) is 0 Å². The molecule has 0 spiro atoms. The van der Waals surface area contributed by atoms with E-state index in [2.05, 4.69) is 49.6 Å². The van der Waals surface area contributed by atoms with E-state index in [9.17, 15) is 0 Å². The number of rotatable bonds is 5. The van der Waals surface area contributed by atoms with Crippen LogP contribution in [-0.2, 0) is 13.6 Å². The maximum absolute atomic E-state index is 4.56. The maximum atomic E-state index is 4.56. The number of fused-ring (bicyclic) bond motifs is 1. The van der Waals surface area contributed by atoms with Crippen molar-refractivity contribution in [1.82, 2.24) is 40.0 Å². The summed E-state index contributed by atoms with van der Waals surface area (Å²) in [5.41, 5.74) is 3.63. The van der Waals surface area contributed by atoms with E-state index in [4.69, 9.17) is 0 Å². The largest absolute Gasteiger partial charge is 0.306 e. The molecule has 0 saturated carbocycles. The molecule has 0 radical (unpaired) electrons. The Kier molecular flexibility index (Phi) is 4.04. The molecule has 0 aliphatic heterocycles. The van der Waals surface area contributed by atoms with Crippen LogP contribution in [0.15, 0.2) is 36.7 Å². The van der Waals surface area contributed by atoms with Crippen molar-refractivity contribution >= 4 is 22.8 Å². The van der Waals surface area contributed by atoms with Crippen LogP contribution in [0, 0.1) is 5.92 Å². The molecule has 1 aromatic carbocycles. The zero-order valence-corrected chi connectivity index (χ0v) is 14.8. The predicted octanol–water partition coefficient (Wildman–Crippen LogP) is 2.42. The number of nitrogens with one attached hydrogen (secondary N) is 1. The van der Waals surface area contributed by atoms with Gasteiger partial charge in [-0.05, 0) is 24.1 Å². The second-order valence-corrected chi connectivity index (χ2v) is 6.48. The van der Waals surface area contributed by atoms with Gasteiger partial charge in [-0.15, -0.1) is 10.2 Å². The van der Waals surface area contributed by atoms with E-state index >= 15 is 0 Å². The summed E-state index contributed by atoms with van der Waals surface area (Å²) in [6.45, 7) is 5.17. The number of hydrogen-bond donors (Lipinski definition) is 1. The Morgan fingerprint density at radius 2 is 2.08 bits per heavy atom. The van der Waals surface area contributed by atoms with Crippen molar-refractivity contribution < 1.29 is 0 Å². The van der Waals surface area contributed by atoms with Crippen LogP contribution in [0.1, 0.15) is 13.8 Å². The zero-order valence-electron chi connectivity index (χ0n) is 14.8. The van der Waals surface area contributed by atoms with E-state index in [1.807, 2.05) is 28.9 Å². The molecule has 0 amide bonds. The highest BCUT2D eigenvalue weighted by atomic mass is 15.5. The summed E-state index contributed by atoms with van der Waals surface area (Å²) in [5, 5.41) is 19.8. The molecule has 3 heterocycles. The van der Waals surface area contributed by atoms with Crippen LogP contribution in [0.5, 0.6) is 0 Å². The van der Waals surface area contributed by atoms with E-state index in [1.165, 1.54) is 4.80 Å². The Morgan fingerprint density at radius 3 is 2.85 bits per heavy atom. The molecule has 0 aliphatic rings. The van der Waals surface area contributed by atoms with Crippen LogP contribution in [0.4, 0.5) is 11.8 Å². The van der Waals surface area contributed by atoms with Gasteiger partial charge in [0.1, 0.15) is 5.52 Å². The van der Waals surface area contributed by atoms with Gasteiger partial charge in [0.15, 0.2) is 5.82 Å². The minimum Gasteiger partial charge on any atom is -0.306 e. The quantitative estimate of drug-likeness (QED) is 0.590. The van der Waals surface area contributed by atoms with Gasteiger partial charge in [-0.25, -0.2) is 14.6 Å². The molecule has 3 aromatic heterocycles. The molecule has 26 heavy (non-hydrogen) atoms. The van der Waals surface area contributed by atoms with Gasteiger partial charge < -0.3 is 5.32 Å². The summed E-state index contributed by atoms with van der Waals surface area (Å²) in [6.07, 6.45) is 3.33. The highest BCUT2D eigenvalue weighted by Gasteiger charge is 2.10. The SMILES string of the molecule is CC(C)Cn1nnc2cc(-c3ccnc(Nc4cnn(C)n4)n3)ccc21. The number of aromatic nitrogens is 8. The third-order valence-corrected chi connectivity index (χ3v) is 3.84. The smallest absolute Gasteiger partial charge is 0.228 e. The lowest BCUT2D eigenvalue weighted by molar-refractivity contribution is 0.483. The van der Waals surface area contributed by atoms with Crippen molar-refractivity contribution in [3.8, 4) is 11.3 Å². The van der Waals surface area contributed by atoms with Gasteiger partial charge in [0.25, 0.3) is 0 Å². The summed E-state index contributed by atoms with van der Waals surface area (Å²) < 4.78 is 1.94. The highest BCUT2D eigenvalue weighted by Crippen LogP contribution is 2.23. The van der Waals surface area contributed by atoms with Gasteiger partial charge in [-0.1, -0.05) is 25.1 Å². The predicted molar refractivity (Wildman–Crippen MR) is 97.7 cm³/mol. The number of anilines is 2. The van der Waals surface area contributed by atoms with E-state index in [-0.39, 0.29) is 0 Å². The molecule has 0 fully saturated rings. The van der Waals surface area contributed by atoms with Gasteiger partial charge in [0.2, 0.25) is 5.95 Å². The van der Waals surface area contributed by atoms with Crippen molar-refractivity contribution in [3.63, 3.8) is 0 Å². The first-order valence-corrected chi connectivity index (χ1v) is 8.38. The Bertz CT molecular complexity index is 1050. The Balaban J connectivity index is 1.63. The lowest BCUT2D eigenvalue weighted by atomic mass is 10.1. The fourth-order valence-corrected chi connectivity index (χ4v) is 2.71. The molecule has 9 nitrogen and oxygen atoms in total. The molecule has 0 unspecified atom stereocenters. The molecular formula is C17H19N9. The van der Waals surface area contributed by atoms with E-state index in [0.717, 1.165) is 28.8 Å². The summed E-state index contributed by atoms with van der Waals surface area (Å²) in [6, 6.07) is 7.91. The highest BCUT2D eigenvalue weighted by molar-refractivity contribution is 5.80. The van der Waals surface area contributed by atoms with Gasteiger partial charge in [0.05, 0.1) is 17.4 Å². The molecule has 0 atom stereocenters. The topological polar surface area (TPSA) is 99.2 Å². The fourth-order valence-electron chi connectivity index (χ4n) is 2.71. The Morgan fingerprint density at radius 1 is 1.19 bits per heavy atom. The van der Waals surface area contributed by atoms with Crippen molar-refractivity contribution in [3.05, 3.63) is 36.7 Å². The van der Waals surface area contributed by atoms with Gasteiger partial charge in [0, 0.05) is 25.4 Å². The second kappa shape index (κ2) is 6.51. The summed E-state index contributed by atoms with van der Waals surface area (Å²) in [5.74, 6) is 1.57. The molecule has 9 heteroatoms. The third kappa shape index (κ3) is 3.23. The zero-order chi connectivity index (χ0) is 18.1. The molecule has 132 valence electrons. The maximum Gasteiger partial charge on any atom is 0.228 e. The first-order chi connectivity index (χ1) is 12.6. The average Bonchev–Trinajstić information content (AvgIpc) is 3.20. The molecule has 0 aliphatic carbocycles. The number of benzene rings is 1. The standard InChI is InChI=1S/C17H19N9/c1-11(2)10-26-15-5-4-12(8-14(15)22-24-26)13-6-7-18-17(20-13)21-16-9-19-25(3)23-16/h4-9,11H,10H2,1-3H3,(H,18,20,21,23). The minimum atomic E-state index is 0.464. The Labute approximate surface area is 150 Å². The lowest BCUT2D eigenvalue weighted by Gasteiger charge is -2.06. The minimum absolute atomic E-state index is 0.464. The average molecular weight is 349 g/mol. The first-order valence-electron chi connectivity index (χ1n) is 8.38. The number of hydrogen-bond acceptors (Lipinski definition) is 7. The van der Waals surface area contributed by atoms with Crippen LogP contribution >= 0.6 is 0 Å². The summed E-state index contributed by atoms with van der Waals surface area (Å²) in [4.78, 5) is 10.3. The van der Waals surface area contributed by atoms with Crippen molar-refractivity contribution in [2.75, 3.05) is 5.32 Å². The molecule has 0 bridgehead atoms. The fraction of sp³-hybridized carbons (Fsp3) is 0.294. The molecule has 4 rings (SSSR count). The monoisotopic (exact) mass is 349 g/mol. The van der Waals surface area contributed by atoms with Gasteiger partial charge in [-0.2, -0.15) is 9.90 Å². The van der Waals surface area contributed by atoms with Crippen molar-refractivity contribution in [2.24, 2.45) is 13.0 Å². The lowest BCUT2D eigenvalue weighted by Crippen LogP contribution is -2.05. The van der Waals surface area contributed by atoms with Crippen LogP contribution < -0.4 is 5.32 Å². The summed E-state index contributed by atoms with van der Waals surface area (Å²) in [7, 11) is 1.75. The Hall–Kier alpha value is -3.36. The molecule has 0 saturated heterocycles. The van der Waals surface area contributed by atoms with E-state index in [1.54, 1.807) is 19.4 Å². The number of aryl methyl sites for hydroxylation is 1. The third-order valence-electron chi connectivity index (χ3n) is 3.84. The van der Waals surface area contributed by atoms with Crippen molar-refractivity contribution in [1.29, 1.82) is 0 Å². The van der Waals surface area contributed by atoms with Crippen molar-refractivity contribution in [2.45, 2.75) is 20.4 Å². The normalized spacial score (nSPS) is 11.4. The van der Waals surface area contributed by atoms with Gasteiger partial charge >= 0.3 is 0 Å². The van der Waals surface area contributed by atoms with Crippen LogP contribution in [-0.4, -0.2) is 40.0 Å². The molecular weight excluding hydrogens is 330 g/mol. The number of nitrogens with zero attached hydrogens (tertiary/aromatic N) is 8. The van der Waals surface area contributed by atoms with E-state index in [0.29, 0.717) is 17.7 Å². The molecule has 4 aromatic rings. The molecule has 1 N–H and O–H groups in total. The second-order valence-electron chi connectivity index (χ2n) is 6.48. The van der Waals surface area contributed by atoms with Gasteiger partial charge in [-0.3, -0.25) is 0 Å². The van der Waals surface area contributed by atoms with Crippen LogP contribution in [0.25, 0.3) is 22.3 Å². The van der Waals surface area contributed by atoms with Crippen LogP contribution in [0.3, 0.4) is 0 Å². The first kappa shape index (κ1) is 16.1. The summed E-state index contributed by atoms with van der Waals surface area (Å²) >= 11 is 0. The van der Waals surface area contributed by atoms with E-state index < -0.39 is 0 Å².